The number of guanidine groups is 1. The van der Waals surface area contributed by atoms with Gasteiger partial charge in [-0.25, -0.2) is 14.4 Å². The number of aryl methyl sites for hydroxylation is 1. The van der Waals surface area contributed by atoms with E-state index in [0.717, 1.165) is 22.5 Å². The number of nitrogens with zero attached hydrogens (tertiary/aromatic N) is 5. The third-order valence-corrected chi connectivity index (χ3v) is 6.46. The molecular weight excluding hydrogens is 433 g/mol. The second-order valence-corrected chi connectivity index (χ2v) is 8.73. The number of carbonyl (C=O) groups is 1. The van der Waals surface area contributed by atoms with Gasteiger partial charge < -0.3 is 14.2 Å². The molecule has 2 aliphatic rings. The summed E-state index contributed by atoms with van der Waals surface area (Å²) in [6, 6.07) is 12.1. The lowest BCUT2D eigenvalue weighted by atomic mass is 9.91. The molecule has 0 aliphatic carbocycles. The summed E-state index contributed by atoms with van der Waals surface area (Å²) in [5, 5.41) is 0. The predicted octanol–water partition coefficient (Wildman–Crippen LogP) is 4.12. The van der Waals surface area contributed by atoms with Crippen LogP contribution in [0, 0.1) is 12.7 Å². The van der Waals surface area contributed by atoms with Crippen LogP contribution in [0.15, 0.2) is 65.7 Å². The molecule has 2 aromatic carbocycles. The van der Waals surface area contributed by atoms with Crippen molar-refractivity contribution in [1.29, 1.82) is 0 Å². The Balaban J connectivity index is 1.51. The van der Waals surface area contributed by atoms with Gasteiger partial charge in [0.1, 0.15) is 17.3 Å². The van der Waals surface area contributed by atoms with Crippen molar-refractivity contribution in [3.8, 4) is 11.4 Å². The zero-order valence-corrected chi connectivity index (χ0v) is 19.6. The molecule has 0 N–H and O–H groups in total. The molecule has 8 heteroatoms. The average molecular weight is 460 g/mol. The molecule has 0 saturated carbocycles. The second-order valence-electron chi connectivity index (χ2n) is 8.73. The van der Waals surface area contributed by atoms with Crippen LogP contribution in [-0.2, 0) is 10.3 Å². The van der Waals surface area contributed by atoms with E-state index in [9.17, 15) is 9.18 Å². The summed E-state index contributed by atoms with van der Waals surface area (Å²) in [6.45, 7) is 7.26. The molecule has 1 amide bonds. The molecule has 1 atom stereocenters. The number of methoxy groups -OCH3 is 1. The number of likely N-dealkylation sites (N-methyl/N-ethyl adjacent to an activating group) is 1. The summed E-state index contributed by atoms with van der Waals surface area (Å²) >= 11 is 0. The summed E-state index contributed by atoms with van der Waals surface area (Å²) in [5.41, 5.74) is 3.15. The first-order valence-electron chi connectivity index (χ1n) is 11.2. The van der Waals surface area contributed by atoms with Crippen LogP contribution in [-0.4, -0.2) is 51.4 Å². The fourth-order valence-corrected chi connectivity index (χ4v) is 4.67. The molecule has 0 spiro atoms. The maximum atomic E-state index is 13.6. The summed E-state index contributed by atoms with van der Waals surface area (Å²) in [6.07, 6.45) is 5.44. The third-order valence-electron chi connectivity index (χ3n) is 6.46. The van der Waals surface area contributed by atoms with Gasteiger partial charge in [-0.05, 0) is 62.2 Å². The van der Waals surface area contributed by atoms with E-state index < -0.39 is 5.54 Å². The number of aliphatic imine (C=N–C) groups is 1. The van der Waals surface area contributed by atoms with Gasteiger partial charge in [-0.15, -0.1) is 0 Å². The lowest BCUT2D eigenvalue weighted by molar-refractivity contribution is -0.125. The lowest BCUT2D eigenvalue weighted by Crippen LogP contribution is -2.44. The van der Waals surface area contributed by atoms with Gasteiger partial charge in [0.05, 0.1) is 30.4 Å². The van der Waals surface area contributed by atoms with E-state index >= 15 is 0 Å². The van der Waals surface area contributed by atoms with Gasteiger partial charge in [-0.1, -0.05) is 18.2 Å². The molecule has 1 saturated heterocycles. The number of rotatable bonds is 5. The Hall–Kier alpha value is -3.94. The van der Waals surface area contributed by atoms with Crippen molar-refractivity contribution in [2.75, 3.05) is 20.2 Å². The van der Waals surface area contributed by atoms with Crippen LogP contribution in [0.3, 0.4) is 0 Å². The maximum Gasteiger partial charge on any atom is 0.280 e. The lowest BCUT2D eigenvalue weighted by Gasteiger charge is -2.31. The number of hydrogen-bond acceptors (Lipinski definition) is 5. The molecule has 0 bridgehead atoms. The van der Waals surface area contributed by atoms with Crippen LogP contribution < -0.4 is 4.74 Å². The number of imidazole rings is 1. The zero-order chi connectivity index (χ0) is 24.0. The Morgan fingerprint density at radius 2 is 1.97 bits per heavy atom. The fraction of sp³-hybridized carbons (Fsp3) is 0.269. The minimum absolute atomic E-state index is 0.175. The van der Waals surface area contributed by atoms with Crippen LogP contribution in [0.4, 0.5) is 4.39 Å². The van der Waals surface area contributed by atoms with E-state index in [4.69, 9.17) is 9.73 Å². The minimum atomic E-state index is -0.643. The average Bonchev–Trinajstić information content (AvgIpc) is 3.49. The number of aromatic nitrogens is 2. The molecule has 5 rings (SSSR count). The van der Waals surface area contributed by atoms with E-state index in [1.165, 1.54) is 12.1 Å². The molecule has 1 aromatic heterocycles. The van der Waals surface area contributed by atoms with Gasteiger partial charge in [0.2, 0.25) is 5.96 Å². The van der Waals surface area contributed by atoms with Gasteiger partial charge in [0.25, 0.3) is 5.91 Å². The van der Waals surface area contributed by atoms with Gasteiger partial charge >= 0.3 is 0 Å². The SMILES string of the molecule is CCN1CC(C)(c2ccc(F)cc2)N2C(=O)C(=Cc3ccc(-n4cnc(C)c4)c(OC)c3)N=C12. The summed E-state index contributed by atoms with van der Waals surface area (Å²) < 4.78 is 21.1. The van der Waals surface area contributed by atoms with E-state index in [1.54, 1.807) is 36.5 Å². The molecule has 34 heavy (non-hydrogen) atoms. The van der Waals surface area contributed by atoms with E-state index in [0.29, 0.717) is 30.5 Å². The van der Waals surface area contributed by atoms with Crippen LogP contribution in [0.25, 0.3) is 11.8 Å². The number of ether oxygens (including phenoxy) is 1. The van der Waals surface area contributed by atoms with Gasteiger partial charge in [-0.2, -0.15) is 0 Å². The van der Waals surface area contributed by atoms with Crippen molar-refractivity contribution < 1.29 is 13.9 Å². The number of fused-ring (bicyclic) bond motifs is 1. The van der Waals surface area contributed by atoms with Crippen LogP contribution in [0.5, 0.6) is 5.75 Å². The summed E-state index contributed by atoms with van der Waals surface area (Å²) in [7, 11) is 1.61. The highest BCUT2D eigenvalue weighted by atomic mass is 19.1. The van der Waals surface area contributed by atoms with Gasteiger partial charge in [0, 0.05) is 19.3 Å². The first-order valence-corrected chi connectivity index (χ1v) is 11.2. The first-order chi connectivity index (χ1) is 16.3. The van der Waals surface area contributed by atoms with Crippen LogP contribution in [0.2, 0.25) is 0 Å². The molecule has 0 radical (unpaired) electrons. The topological polar surface area (TPSA) is 63.0 Å². The highest BCUT2D eigenvalue weighted by Crippen LogP contribution is 2.40. The standard InChI is InChI=1S/C26H26FN5O2/c1-5-30-15-26(3,19-7-9-20(27)10-8-19)32-24(33)21(29-25(30)32)12-18-6-11-22(23(13-18)34-4)31-14-17(2)28-16-31/h6-14,16H,5,15H2,1-4H3. The molecule has 3 aromatic rings. The van der Waals surface area contributed by atoms with E-state index in [2.05, 4.69) is 9.88 Å². The Labute approximate surface area is 197 Å². The molecule has 174 valence electrons. The Kier molecular flexibility index (Phi) is 5.23. The van der Waals surface area contributed by atoms with Crippen LogP contribution >= 0.6 is 0 Å². The van der Waals surface area contributed by atoms with Crippen molar-refractivity contribution in [3.63, 3.8) is 0 Å². The normalized spacial score (nSPS) is 20.8. The number of carbonyl (C=O) groups excluding carboxylic acids is 1. The Morgan fingerprint density at radius 1 is 1.21 bits per heavy atom. The number of hydrogen-bond donors (Lipinski definition) is 0. The van der Waals surface area contributed by atoms with E-state index in [1.807, 2.05) is 49.7 Å². The van der Waals surface area contributed by atoms with Gasteiger partial charge in [-0.3, -0.25) is 9.69 Å². The minimum Gasteiger partial charge on any atom is -0.495 e. The highest BCUT2D eigenvalue weighted by Gasteiger charge is 2.52. The number of amides is 1. The molecule has 3 heterocycles. The number of benzene rings is 2. The maximum absolute atomic E-state index is 13.6. The largest absolute Gasteiger partial charge is 0.495 e. The van der Waals surface area contributed by atoms with Gasteiger partial charge in [0.15, 0.2) is 0 Å². The zero-order valence-electron chi connectivity index (χ0n) is 19.6. The van der Waals surface area contributed by atoms with Crippen molar-refractivity contribution >= 4 is 17.9 Å². The first kappa shape index (κ1) is 21.9. The molecule has 7 nitrogen and oxygen atoms in total. The van der Waals surface area contributed by atoms with Crippen molar-refractivity contribution in [3.05, 3.63) is 83.3 Å². The Bertz CT molecular complexity index is 1330. The molecule has 1 unspecified atom stereocenters. The van der Waals surface area contributed by atoms with Crippen molar-refractivity contribution in [1.82, 2.24) is 19.4 Å². The Morgan fingerprint density at radius 3 is 2.62 bits per heavy atom. The smallest absolute Gasteiger partial charge is 0.280 e. The number of halogens is 1. The fourth-order valence-electron chi connectivity index (χ4n) is 4.67. The summed E-state index contributed by atoms with van der Waals surface area (Å²) in [4.78, 5) is 26.3. The van der Waals surface area contributed by atoms with Crippen molar-refractivity contribution in [2.24, 2.45) is 4.99 Å². The molecular formula is C26H26FN5O2. The quantitative estimate of drug-likeness (QED) is 0.539. The highest BCUT2D eigenvalue weighted by molar-refractivity contribution is 6.15. The molecule has 2 aliphatic heterocycles. The van der Waals surface area contributed by atoms with Crippen LogP contribution in [0.1, 0.15) is 30.7 Å². The second kappa shape index (κ2) is 8.13. The predicted molar refractivity (Wildman–Crippen MR) is 128 cm³/mol. The monoisotopic (exact) mass is 459 g/mol. The molecule has 1 fully saturated rings. The summed E-state index contributed by atoms with van der Waals surface area (Å²) in [5.74, 6) is 0.814. The van der Waals surface area contributed by atoms with Crippen molar-refractivity contribution in [2.45, 2.75) is 26.3 Å². The van der Waals surface area contributed by atoms with E-state index in [-0.39, 0.29) is 11.7 Å². The third kappa shape index (κ3) is 3.46.